The SMILES string of the molecule is CCOCCNC(=O)c1cc(NN)nc2ccccc12. The molecule has 0 bridgehead atoms. The Morgan fingerprint density at radius 1 is 1.40 bits per heavy atom. The van der Waals surface area contributed by atoms with E-state index in [9.17, 15) is 4.79 Å². The third kappa shape index (κ3) is 3.23. The molecule has 1 aromatic carbocycles. The van der Waals surface area contributed by atoms with Gasteiger partial charge in [-0.1, -0.05) is 18.2 Å². The lowest BCUT2D eigenvalue weighted by Crippen LogP contribution is -2.27. The number of anilines is 1. The first-order chi connectivity index (χ1) is 9.76. The summed E-state index contributed by atoms with van der Waals surface area (Å²) in [6.45, 7) is 3.51. The van der Waals surface area contributed by atoms with Crippen LogP contribution in [0.5, 0.6) is 0 Å². The number of carbonyl (C=O) groups is 1. The van der Waals surface area contributed by atoms with Crippen molar-refractivity contribution in [1.29, 1.82) is 0 Å². The zero-order valence-corrected chi connectivity index (χ0v) is 11.3. The first-order valence-corrected chi connectivity index (χ1v) is 6.48. The third-order valence-corrected chi connectivity index (χ3v) is 2.84. The average molecular weight is 274 g/mol. The second-order valence-corrected chi connectivity index (χ2v) is 4.17. The van der Waals surface area contributed by atoms with Crippen molar-refractivity contribution < 1.29 is 9.53 Å². The molecule has 0 spiro atoms. The van der Waals surface area contributed by atoms with E-state index in [-0.39, 0.29) is 5.91 Å². The average Bonchev–Trinajstić information content (AvgIpc) is 2.50. The maximum atomic E-state index is 12.2. The van der Waals surface area contributed by atoms with E-state index in [4.69, 9.17) is 10.6 Å². The first-order valence-electron chi connectivity index (χ1n) is 6.48. The molecule has 0 saturated heterocycles. The van der Waals surface area contributed by atoms with E-state index in [0.717, 1.165) is 10.9 Å². The zero-order chi connectivity index (χ0) is 14.4. The molecule has 1 heterocycles. The number of pyridine rings is 1. The van der Waals surface area contributed by atoms with E-state index < -0.39 is 0 Å². The van der Waals surface area contributed by atoms with Crippen LogP contribution in [0.25, 0.3) is 10.9 Å². The maximum absolute atomic E-state index is 12.2. The van der Waals surface area contributed by atoms with Gasteiger partial charge in [0.05, 0.1) is 17.7 Å². The molecule has 0 fully saturated rings. The Balaban J connectivity index is 2.25. The summed E-state index contributed by atoms with van der Waals surface area (Å²) in [5.41, 5.74) is 3.74. The number of hydrazine groups is 1. The summed E-state index contributed by atoms with van der Waals surface area (Å²) in [4.78, 5) is 16.5. The van der Waals surface area contributed by atoms with E-state index in [2.05, 4.69) is 15.7 Å². The van der Waals surface area contributed by atoms with E-state index in [1.54, 1.807) is 6.07 Å². The van der Waals surface area contributed by atoms with Crippen molar-refractivity contribution in [2.24, 2.45) is 5.84 Å². The van der Waals surface area contributed by atoms with Crippen LogP contribution in [0.3, 0.4) is 0 Å². The van der Waals surface area contributed by atoms with Gasteiger partial charge < -0.3 is 15.5 Å². The van der Waals surface area contributed by atoms with Crippen molar-refractivity contribution in [3.8, 4) is 0 Å². The van der Waals surface area contributed by atoms with Gasteiger partial charge in [0.25, 0.3) is 5.91 Å². The number of hydrogen-bond acceptors (Lipinski definition) is 5. The van der Waals surface area contributed by atoms with Gasteiger partial charge in [0.15, 0.2) is 0 Å². The number of amides is 1. The van der Waals surface area contributed by atoms with Gasteiger partial charge in [-0.15, -0.1) is 0 Å². The largest absolute Gasteiger partial charge is 0.380 e. The zero-order valence-electron chi connectivity index (χ0n) is 11.3. The summed E-state index contributed by atoms with van der Waals surface area (Å²) in [5, 5.41) is 3.61. The van der Waals surface area contributed by atoms with Gasteiger partial charge in [-0.2, -0.15) is 0 Å². The number of aromatic nitrogens is 1. The molecule has 0 aliphatic carbocycles. The van der Waals surface area contributed by atoms with Gasteiger partial charge in [0, 0.05) is 18.5 Å². The molecule has 0 aliphatic heterocycles. The maximum Gasteiger partial charge on any atom is 0.252 e. The Kier molecular flexibility index (Phi) is 4.86. The number of nitrogens with zero attached hydrogens (tertiary/aromatic N) is 1. The van der Waals surface area contributed by atoms with Crippen LogP contribution in [0.2, 0.25) is 0 Å². The molecule has 0 unspecified atom stereocenters. The number of benzene rings is 1. The molecule has 0 atom stereocenters. The monoisotopic (exact) mass is 274 g/mol. The number of nitrogens with two attached hydrogens (primary N) is 1. The fourth-order valence-electron chi connectivity index (χ4n) is 1.91. The summed E-state index contributed by atoms with van der Waals surface area (Å²) >= 11 is 0. The summed E-state index contributed by atoms with van der Waals surface area (Å²) in [5.74, 6) is 5.68. The minimum atomic E-state index is -0.167. The highest BCUT2D eigenvalue weighted by Gasteiger charge is 2.12. The Morgan fingerprint density at radius 3 is 2.95 bits per heavy atom. The van der Waals surface area contributed by atoms with Gasteiger partial charge in [-0.25, -0.2) is 10.8 Å². The Labute approximate surface area is 117 Å². The first kappa shape index (κ1) is 14.2. The minimum Gasteiger partial charge on any atom is -0.380 e. The number of rotatable bonds is 6. The van der Waals surface area contributed by atoms with Gasteiger partial charge in [0.1, 0.15) is 5.82 Å². The standard InChI is InChI=1S/C14H18N4O2/c1-2-20-8-7-16-14(19)11-9-13(18-15)17-12-6-4-3-5-10(11)12/h3-6,9H,2,7-8,15H2,1H3,(H,16,19)(H,17,18). The van der Waals surface area contributed by atoms with Crippen LogP contribution >= 0.6 is 0 Å². The molecule has 0 aliphatic rings. The molecule has 6 nitrogen and oxygen atoms in total. The number of carbonyl (C=O) groups excluding carboxylic acids is 1. The van der Waals surface area contributed by atoms with Gasteiger partial charge in [0.2, 0.25) is 0 Å². The smallest absolute Gasteiger partial charge is 0.252 e. The predicted octanol–water partition coefficient (Wildman–Crippen LogP) is 1.29. The van der Waals surface area contributed by atoms with Crippen LogP contribution in [-0.2, 0) is 4.74 Å². The topological polar surface area (TPSA) is 89.3 Å². The Bertz CT molecular complexity index is 601. The highest BCUT2D eigenvalue weighted by molar-refractivity contribution is 6.06. The molecular weight excluding hydrogens is 256 g/mol. The molecule has 1 amide bonds. The van der Waals surface area contributed by atoms with Crippen LogP contribution in [0, 0.1) is 0 Å². The molecule has 20 heavy (non-hydrogen) atoms. The number of ether oxygens (including phenoxy) is 1. The molecule has 4 N–H and O–H groups in total. The number of fused-ring (bicyclic) bond motifs is 1. The van der Waals surface area contributed by atoms with Gasteiger partial charge in [-0.3, -0.25) is 4.79 Å². The molecule has 106 valence electrons. The molecule has 2 rings (SSSR count). The number of nitrogen functional groups attached to an aromatic ring is 1. The Hall–Kier alpha value is -2.18. The summed E-state index contributed by atoms with van der Waals surface area (Å²) < 4.78 is 5.19. The lowest BCUT2D eigenvalue weighted by atomic mass is 10.1. The van der Waals surface area contributed by atoms with Crippen LogP contribution in [0.4, 0.5) is 5.82 Å². The minimum absolute atomic E-state index is 0.167. The molecular formula is C14H18N4O2. The van der Waals surface area contributed by atoms with E-state index in [1.807, 2.05) is 31.2 Å². The molecule has 6 heteroatoms. The van der Waals surface area contributed by atoms with Crippen molar-refractivity contribution in [2.75, 3.05) is 25.2 Å². The summed E-state index contributed by atoms with van der Waals surface area (Å²) in [6, 6.07) is 9.08. The van der Waals surface area contributed by atoms with Crippen molar-refractivity contribution in [3.63, 3.8) is 0 Å². The van der Waals surface area contributed by atoms with Crippen molar-refractivity contribution in [2.45, 2.75) is 6.92 Å². The van der Waals surface area contributed by atoms with Gasteiger partial charge >= 0.3 is 0 Å². The van der Waals surface area contributed by atoms with E-state index in [1.165, 1.54) is 0 Å². The van der Waals surface area contributed by atoms with Crippen LogP contribution in [0.1, 0.15) is 17.3 Å². The van der Waals surface area contributed by atoms with E-state index in [0.29, 0.717) is 31.1 Å². The third-order valence-electron chi connectivity index (χ3n) is 2.84. The second kappa shape index (κ2) is 6.83. The molecule has 0 radical (unpaired) electrons. The highest BCUT2D eigenvalue weighted by Crippen LogP contribution is 2.20. The normalized spacial score (nSPS) is 10.5. The lowest BCUT2D eigenvalue weighted by molar-refractivity contribution is 0.0924. The number of nitrogens with one attached hydrogen (secondary N) is 2. The quantitative estimate of drug-likeness (QED) is 0.419. The fourth-order valence-corrected chi connectivity index (χ4v) is 1.91. The van der Waals surface area contributed by atoms with Crippen LogP contribution in [0.15, 0.2) is 30.3 Å². The molecule has 2 aromatic rings. The summed E-state index contributed by atoms with van der Waals surface area (Å²) in [7, 11) is 0. The van der Waals surface area contributed by atoms with Crippen molar-refractivity contribution in [1.82, 2.24) is 10.3 Å². The predicted molar refractivity (Wildman–Crippen MR) is 78.4 cm³/mol. The Morgan fingerprint density at radius 2 is 2.20 bits per heavy atom. The number of hydrogen-bond donors (Lipinski definition) is 3. The van der Waals surface area contributed by atoms with Crippen molar-refractivity contribution >= 4 is 22.6 Å². The lowest BCUT2D eigenvalue weighted by Gasteiger charge is -2.10. The van der Waals surface area contributed by atoms with Crippen LogP contribution < -0.4 is 16.6 Å². The highest BCUT2D eigenvalue weighted by atomic mass is 16.5. The number of para-hydroxylation sites is 1. The van der Waals surface area contributed by atoms with Crippen molar-refractivity contribution in [3.05, 3.63) is 35.9 Å². The fraction of sp³-hybridized carbons (Fsp3) is 0.286. The van der Waals surface area contributed by atoms with Crippen LogP contribution in [-0.4, -0.2) is 30.6 Å². The van der Waals surface area contributed by atoms with Gasteiger partial charge in [-0.05, 0) is 19.1 Å². The van der Waals surface area contributed by atoms with E-state index >= 15 is 0 Å². The molecule has 0 saturated carbocycles. The molecule has 1 aromatic heterocycles. The second-order valence-electron chi connectivity index (χ2n) is 4.17. The summed E-state index contributed by atoms with van der Waals surface area (Å²) in [6.07, 6.45) is 0.